The molecule has 1 saturated heterocycles. The molecule has 1 atom stereocenters. The third-order valence-electron chi connectivity index (χ3n) is 3.98. The predicted molar refractivity (Wildman–Crippen MR) is 98.7 cm³/mol. The second-order valence-electron chi connectivity index (χ2n) is 5.56. The SMILES string of the molecule is COC(C)c1nc(CNC(=O)CCC2CCNCC2)cs1.Cl.Cl. The van der Waals surface area contributed by atoms with Gasteiger partial charge >= 0.3 is 0 Å². The Bertz CT molecular complexity index is 454. The van der Waals surface area contributed by atoms with Gasteiger partial charge in [0.25, 0.3) is 0 Å². The molecule has 1 aliphatic rings. The first-order valence-electron chi connectivity index (χ1n) is 7.63. The Morgan fingerprint density at radius 2 is 2.17 bits per heavy atom. The summed E-state index contributed by atoms with van der Waals surface area (Å²) in [5.41, 5.74) is 0.911. The van der Waals surface area contributed by atoms with Crippen LogP contribution in [0.25, 0.3) is 0 Å². The van der Waals surface area contributed by atoms with Crippen LogP contribution in [0.2, 0.25) is 0 Å². The highest BCUT2D eigenvalue weighted by molar-refractivity contribution is 7.09. The van der Waals surface area contributed by atoms with Crippen molar-refractivity contribution in [3.8, 4) is 0 Å². The summed E-state index contributed by atoms with van der Waals surface area (Å²) in [6.07, 6.45) is 4.02. The maximum Gasteiger partial charge on any atom is 0.220 e. The number of carbonyl (C=O) groups excluding carboxylic acids is 1. The van der Waals surface area contributed by atoms with E-state index in [1.165, 1.54) is 12.8 Å². The van der Waals surface area contributed by atoms with Gasteiger partial charge in [0.05, 0.1) is 12.2 Å². The number of ether oxygens (including phenoxy) is 1. The summed E-state index contributed by atoms with van der Waals surface area (Å²) in [5, 5.41) is 9.24. The number of nitrogens with one attached hydrogen (secondary N) is 2. The molecular weight excluding hydrogens is 357 g/mol. The maximum absolute atomic E-state index is 11.9. The minimum atomic E-state index is 0. The van der Waals surface area contributed by atoms with Crippen LogP contribution < -0.4 is 10.6 Å². The Labute approximate surface area is 154 Å². The van der Waals surface area contributed by atoms with Gasteiger partial charge in [-0.3, -0.25) is 4.79 Å². The average molecular weight is 384 g/mol. The number of hydrogen-bond donors (Lipinski definition) is 2. The number of hydrogen-bond acceptors (Lipinski definition) is 5. The summed E-state index contributed by atoms with van der Waals surface area (Å²) >= 11 is 1.58. The van der Waals surface area contributed by atoms with Crippen molar-refractivity contribution in [3.05, 3.63) is 16.1 Å². The summed E-state index contributed by atoms with van der Waals surface area (Å²) in [6.45, 7) is 4.66. The number of rotatable bonds is 7. The van der Waals surface area contributed by atoms with Gasteiger partial charge in [-0.25, -0.2) is 4.98 Å². The molecule has 1 fully saturated rings. The lowest BCUT2D eigenvalue weighted by Crippen LogP contribution is -2.29. The zero-order valence-electron chi connectivity index (χ0n) is 13.7. The van der Waals surface area contributed by atoms with Crippen LogP contribution in [-0.2, 0) is 16.1 Å². The van der Waals surface area contributed by atoms with Crippen molar-refractivity contribution in [2.24, 2.45) is 5.92 Å². The van der Waals surface area contributed by atoms with Crippen LogP contribution in [0.15, 0.2) is 5.38 Å². The van der Waals surface area contributed by atoms with Gasteiger partial charge in [0.1, 0.15) is 11.1 Å². The molecule has 8 heteroatoms. The summed E-state index contributed by atoms with van der Waals surface area (Å²) in [5.74, 6) is 0.827. The van der Waals surface area contributed by atoms with Crippen LogP contribution in [-0.4, -0.2) is 31.1 Å². The van der Waals surface area contributed by atoms with Gasteiger partial charge < -0.3 is 15.4 Å². The Balaban J connectivity index is 0.00000242. The fraction of sp³-hybridized carbons (Fsp3) is 0.733. The summed E-state index contributed by atoms with van der Waals surface area (Å²) in [4.78, 5) is 16.4. The van der Waals surface area contributed by atoms with E-state index in [0.717, 1.165) is 30.2 Å². The van der Waals surface area contributed by atoms with Gasteiger partial charge in [0.15, 0.2) is 0 Å². The molecule has 1 aliphatic heterocycles. The van der Waals surface area contributed by atoms with Gasteiger partial charge in [-0.15, -0.1) is 36.2 Å². The Kier molecular flexibility index (Phi) is 11.8. The third kappa shape index (κ3) is 7.81. The van der Waals surface area contributed by atoms with Crippen molar-refractivity contribution in [2.45, 2.75) is 45.3 Å². The molecular formula is C15H27Cl2N3O2S. The molecule has 1 unspecified atom stereocenters. The van der Waals surface area contributed by atoms with Crippen LogP contribution in [0.4, 0.5) is 0 Å². The molecule has 2 rings (SSSR count). The summed E-state index contributed by atoms with van der Waals surface area (Å²) in [6, 6.07) is 0. The van der Waals surface area contributed by atoms with Crippen molar-refractivity contribution < 1.29 is 9.53 Å². The highest BCUT2D eigenvalue weighted by Gasteiger charge is 2.15. The molecule has 0 saturated carbocycles. The largest absolute Gasteiger partial charge is 0.375 e. The van der Waals surface area contributed by atoms with Gasteiger partial charge in [0, 0.05) is 18.9 Å². The van der Waals surface area contributed by atoms with Crippen molar-refractivity contribution >= 4 is 42.1 Å². The molecule has 0 spiro atoms. The quantitative estimate of drug-likeness (QED) is 0.758. The molecule has 23 heavy (non-hydrogen) atoms. The first-order chi connectivity index (χ1) is 10.2. The number of piperidine rings is 1. The lowest BCUT2D eigenvalue weighted by molar-refractivity contribution is -0.121. The molecule has 1 aromatic rings. The van der Waals surface area contributed by atoms with E-state index in [0.29, 0.717) is 18.9 Å². The van der Waals surface area contributed by atoms with Crippen LogP contribution in [0.5, 0.6) is 0 Å². The van der Waals surface area contributed by atoms with Gasteiger partial charge in [-0.05, 0) is 45.2 Å². The normalized spacial score (nSPS) is 16.1. The van der Waals surface area contributed by atoms with Crippen LogP contribution in [0.1, 0.15) is 49.4 Å². The molecule has 5 nitrogen and oxygen atoms in total. The maximum atomic E-state index is 11.9. The number of carbonyl (C=O) groups is 1. The van der Waals surface area contributed by atoms with Gasteiger partial charge in [-0.2, -0.15) is 0 Å². The molecule has 0 radical (unpaired) electrons. The standard InChI is InChI=1S/C15H25N3O2S.2ClH/c1-11(20-2)15-18-13(10-21-15)9-17-14(19)4-3-12-5-7-16-8-6-12;;/h10-12,16H,3-9H2,1-2H3,(H,17,19);2*1H. The molecule has 1 amide bonds. The van der Waals surface area contributed by atoms with Crippen molar-refractivity contribution in [3.63, 3.8) is 0 Å². The number of halogens is 2. The fourth-order valence-corrected chi connectivity index (χ4v) is 3.33. The van der Waals surface area contributed by atoms with E-state index in [4.69, 9.17) is 4.74 Å². The van der Waals surface area contributed by atoms with E-state index in [1.807, 2.05) is 12.3 Å². The first-order valence-corrected chi connectivity index (χ1v) is 8.51. The summed E-state index contributed by atoms with van der Waals surface area (Å²) in [7, 11) is 1.67. The summed E-state index contributed by atoms with van der Waals surface area (Å²) < 4.78 is 5.24. The highest BCUT2D eigenvalue weighted by atomic mass is 35.5. The van der Waals surface area contributed by atoms with Crippen molar-refractivity contribution in [2.75, 3.05) is 20.2 Å². The minimum absolute atomic E-state index is 0. The van der Waals surface area contributed by atoms with Crippen LogP contribution in [0.3, 0.4) is 0 Å². The lowest BCUT2D eigenvalue weighted by atomic mass is 9.93. The van der Waals surface area contributed by atoms with E-state index >= 15 is 0 Å². The molecule has 2 N–H and O–H groups in total. The zero-order chi connectivity index (χ0) is 15.1. The first kappa shape index (κ1) is 22.6. The van der Waals surface area contributed by atoms with E-state index in [-0.39, 0.29) is 36.8 Å². The Morgan fingerprint density at radius 3 is 2.83 bits per heavy atom. The molecule has 0 aliphatic carbocycles. The molecule has 0 aromatic carbocycles. The number of aromatic nitrogens is 1. The van der Waals surface area contributed by atoms with Gasteiger partial charge in [0.2, 0.25) is 5.91 Å². The van der Waals surface area contributed by atoms with E-state index in [2.05, 4.69) is 15.6 Å². The Hall–Kier alpha value is -0.400. The van der Waals surface area contributed by atoms with Crippen molar-refractivity contribution in [1.29, 1.82) is 0 Å². The van der Waals surface area contributed by atoms with Crippen molar-refractivity contribution in [1.82, 2.24) is 15.6 Å². The predicted octanol–water partition coefficient (Wildman–Crippen LogP) is 3.09. The monoisotopic (exact) mass is 383 g/mol. The van der Waals surface area contributed by atoms with Crippen LogP contribution in [0, 0.1) is 5.92 Å². The Morgan fingerprint density at radius 1 is 1.48 bits per heavy atom. The number of thiazole rings is 1. The zero-order valence-corrected chi connectivity index (χ0v) is 16.1. The molecule has 1 aromatic heterocycles. The number of methoxy groups -OCH3 is 1. The fourth-order valence-electron chi connectivity index (χ4n) is 2.47. The van der Waals surface area contributed by atoms with E-state index in [9.17, 15) is 4.79 Å². The lowest BCUT2D eigenvalue weighted by Gasteiger charge is -2.22. The van der Waals surface area contributed by atoms with E-state index in [1.54, 1.807) is 18.4 Å². The van der Waals surface area contributed by atoms with Crippen LogP contribution >= 0.6 is 36.2 Å². The number of amides is 1. The van der Waals surface area contributed by atoms with E-state index < -0.39 is 0 Å². The second-order valence-corrected chi connectivity index (χ2v) is 6.45. The average Bonchev–Trinajstić information content (AvgIpc) is 3.00. The smallest absolute Gasteiger partial charge is 0.220 e. The molecule has 2 heterocycles. The molecule has 134 valence electrons. The molecule has 0 bridgehead atoms. The van der Waals surface area contributed by atoms with Gasteiger partial charge in [-0.1, -0.05) is 0 Å². The highest BCUT2D eigenvalue weighted by Crippen LogP contribution is 2.20. The third-order valence-corrected chi connectivity index (χ3v) is 5.03. The minimum Gasteiger partial charge on any atom is -0.375 e. The topological polar surface area (TPSA) is 63.2 Å². The number of nitrogens with zero attached hydrogens (tertiary/aromatic N) is 1. The second kappa shape index (κ2) is 12.0.